The van der Waals surface area contributed by atoms with E-state index in [0.717, 1.165) is 0 Å². The fourth-order valence-electron chi connectivity index (χ4n) is 2.33. The predicted octanol–water partition coefficient (Wildman–Crippen LogP) is 0.0991. The second kappa shape index (κ2) is 7.91. The molecule has 1 aliphatic heterocycles. The lowest BCUT2D eigenvalue weighted by atomic mass is 10.2. The molecule has 0 unspecified atom stereocenters. The summed E-state index contributed by atoms with van der Waals surface area (Å²) in [6.45, 7) is 3.24. The maximum Gasteiger partial charge on any atom is 0.330 e. The minimum absolute atomic E-state index is 0.0804. The number of H-pyrrole nitrogens is 1. The molecule has 1 fully saturated rings. The molecule has 1 aromatic heterocycles. The molecule has 24 heavy (non-hydrogen) atoms. The molecule has 1 N–H and O–H groups in total. The number of aromatic nitrogens is 2. The zero-order valence-corrected chi connectivity index (χ0v) is 13.5. The van der Waals surface area contributed by atoms with Gasteiger partial charge in [-0.3, -0.25) is 23.9 Å². The Bertz CT molecular complexity index is 708. The van der Waals surface area contributed by atoms with Gasteiger partial charge in [0.25, 0.3) is 5.56 Å². The lowest BCUT2D eigenvalue weighted by molar-refractivity contribution is -0.157. The van der Waals surface area contributed by atoms with Crippen LogP contribution in [-0.2, 0) is 23.8 Å². The molecule has 0 saturated carbocycles. The molecule has 0 aromatic carbocycles. The summed E-state index contributed by atoms with van der Waals surface area (Å²) in [6.07, 6.45) is -0.118. The summed E-state index contributed by atoms with van der Waals surface area (Å²) in [6, 6.07) is 1.20. The summed E-state index contributed by atoms with van der Waals surface area (Å²) in [7, 11) is 0. The first-order valence-electron chi connectivity index (χ1n) is 7.76. The van der Waals surface area contributed by atoms with Crippen molar-refractivity contribution in [2.75, 3.05) is 6.61 Å². The van der Waals surface area contributed by atoms with Crippen LogP contribution < -0.4 is 11.2 Å². The Morgan fingerprint density at radius 2 is 2.00 bits per heavy atom. The standard InChI is InChI=1S/C15H20N2O7/c1-3-13(19)22-8-10-9(24-14(20)4-2)7-12(23-10)17-6-5-11(18)16-15(17)21/h5-6,9-10,12H,3-4,7-8H2,1-2H3,(H,16,18,21)/t9-,10+,12+/m1/s1. The molecular weight excluding hydrogens is 320 g/mol. The van der Waals surface area contributed by atoms with Gasteiger partial charge in [0.15, 0.2) is 0 Å². The number of hydrogen-bond donors (Lipinski definition) is 1. The van der Waals surface area contributed by atoms with E-state index in [-0.39, 0.29) is 25.9 Å². The summed E-state index contributed by atoms with van der Waals surface area (Å²) in [5.41, 5.74) is -1.14. The Morgan fingerprint density at radius 1 is 1.29 bits per heavy atom. The molecule has 9 nitrogen and oxygen atoms in total. The van der Waals surface area contributed by atoms with Crippen molar-refractivity contribution in [2.24, 2.45) is 0 Å². The third kappa shape index (κ3) is 4.31. The maximum atomic E-state index is 11.9. The largest absolute Gasteiger partial charge is 0.463 e. The third-order valence-electron chi connectivity index (χ3n) is 3.61. The van der Waals surface area contributed by atoms with Gasteiger partial charge in [-0.2, -0.15) is 0 Å². The van der Waals surface area contributed by atoms with Crippen LogP contribution in [0.4, 0.5) is 0 Å². The van der Waals surface area contributed by atoms with Gasteiger partial charge in [-0.1, -0.05) is 13.8 Å². The predicted molar refractivity (Wildman–Crippen MR) is 81.3 cm³/mol. The molecule has 2 heterocycles. The van der Waals surface area contributed by atoms with Crippen molar-refractivity contribution in [2.45, 2.75) is 51.5 Å². The van der Waals surface area contributed by atoms with E-state index in [1.807, 2.05) is 0 Å². The molecule has 2 rings (SSSR count). The molecule has 0 amide bonds. The first-order valence-corrected chi connectivity index (χ1v) is 7.76. The van der Waals surface area contributed by atoms with Crippen molar-refractivity contribution in [1.29, 1.82) is 0 Å². The zero-order valence-electron chi connectivity index (χ0n) is 13.5. The van der Waals surface area contributed by atoms with Gasteiger partial charge in [0.05, 0.1) is 0 Å². The van der Waals surface area contributed by atoms with E-state index < -0.39 is 41.6 Å². The number of nitrogens with zero attached hydrogens (tertiary/aromatic N) is 1. The molecule has 1 aliphatic rings. The van der Waals surface area contributed by atoms with Crippen molar-refractivity contribution in [1.82, 2.24) is 9.55 Å². The number of nitrogens with one attached hydrogen (secondary N) is 1. The topological polar surface area (TPSA) is 117 Å². The van der Waals surface area contributed by atoms with Crippen LogP contribution in [-0.4, -0.2) is 40.3 Å². The second-order valence-electron chi connectivity index (χ2n) is 5.30. The normalized spacial score (nSPS) is 23.0. The van der Waals surface area contributed by atoms with Crippen molar-refractivity contribution in [3.8, 4) is 0 Å². The monoisotopic (exact) mass is 340 g/mol. The SMILES string of the molecule is CCC(=O)OC[C@@H]1O[C@H](n2ccc(=O)[nH]c2=O)C[C@H]1OC(=O)CC. The quantitative estimate of drug-likeness (QED) is 0.730. The van der Waals surface area contributed by atoms with Crippen LogP contribution in [0.2, 0.25) is 0 Å². The number of carbonyl (C=O) groups is 2. The highest BCUT2D eigenvalue weighted by Crippen LogP contribution is 2.30. The Morgan fingerprint density at radius 3 is 2.62 bits per heavy atom. The first kappa shape index (κ1) is 17.9. The Labute approximate surface area is 137 Å². The van der Waals surface area contributed by atoms with Gasteiger partial charge in [0.2, 0.25) is 0 Å². The Kier molecular flexibility index (Phi) is 5.91. The fourth-order valence-corrected chi connectivity index (χ4v) is 2.33. The molecule has 0 radical (unpaired) electrons. The van der Waals surface area contributed by atoms with E-state index in [1.54, 1.807) is 13.8 Å². The van der Waals surface area contributed by atoms with E-state index >= 15 is 0 Å². The van der Waals surface area contributed by atoms with Crippen molar-refractivity contribution >= 4 is 11.9 Å². The van der Waals surface area contributed by atoms with Crippen LogP contribution in [0.3, 0.4) is 0 Å². The van der Waals surface area contributed by atoms with E-state index in [0.29, 0.717) is 0 Å². The van der Waals surface area contributed by atoms with Gasteiger partial charge in [-0.25, -0.2) is 4.79 Å². The number of carbonyl (C=O) groups excluding carboxylic acids is 2. The summed E-state index contributed by atoms with van der Waals surface area (Å²) < 4.78 is 17.3. The van der Waals surface area contributed by atoms with Crippen LogP contribution in [0.25, 0.3) is 0 Å². The highest BCUT2D eigenvalue weighted by molar-refractivity contribution is 5.69. The average molecular weight is 340 g/mol. The zero-order chi connectivity index (χ0) is 17.7. The summed E-state index contributed by atoms with van der Waals surface area (Å²) in [5.74, 6) is -0.811. The lowest BCUT2D eigenvalue weighted by Crippen LogP contribution is -2.32. The molecule has 3 atom stereocenters. The fraction of sp³-hybridized carbons (Fsp3) is 0.600. The smallest absolute Gasteiger partial charge is 0.330 e. The molecule has 0 bridgehead atoms. The molecule has 0 spiro atoms. The number of aromatic amines is 1. The van der Waals surface area contributed by atoms with E-state index in [9.17, 15) is 19.2 Å². The van der Waals surface area contributed by atoms with Crippen LogP contribution >= 0.6 is 0 Å². The lowest BCUT2D eigenvalue weighted by Gasteiger charge is -2.18. The number of rotatable bonds is 6. The van der Waals surface area contributed by atoms with E-state index in [2.05, 4.69) is 4.98 Å². The highest BCUT2D eigenvalue weighted by Gasteiger charge is 2.39. The second-order valence-corrected chi connectivity index (χ2v) is 5.30. The number of hydrogen-bond acceptors (Lipinski definition) is 7. The number of ether oxygens (including phenoxy) is 3. The van der Waals surface area contributed by atoms with Gasteiger partial charge in [0, 0.05) is 31.5 Å². The first-order chi connectivity index (χ1) is 11.4. The third-order valence-corrected chi connectivity index (χ3v) is 3.61. The molecular formula is C15H20N2O7. The van der Waals surface area contributed by atoms with Gasteiger partial charge in [0.1, 0.15) is 25.0 Å². The van der Waals surface area contributed by atoms with Crippen LogP contribution in [0.1, 0.15) is 39.3 Å². The van der Waals surface area contributed by atoms with Crippen LogP contribution in [0, 0.1) is 0 Å². The molecule has 1 saturated heterocycles. The Hall–Kier alpha value is -2.42. The summed E-state index contributed by atoms with van der Waals surface area (Å²) in [5, 5.41) is 0. The van der Waals surface area contributed by atoms with Gasteiger partial charge < -0.3 is 14.2 Å². The summed E-state index contributed by atoms with van der Waals surface area (Å²) in [4.78, 5) is 48.0. The van der Waals surface area contributed by atoms with Crippen LogP contribution in [0.15, 0.2) is 21.9 Å². The van der Waals surface area contributed by atoms with E-state index in [4.69, 9.17) is 14.2 Å². The van der Waals surface area contributed by atoms with Gasteiger partial charge >= 0.3 is 17.6 Å². The average Bonchev–Trinajstić information content (AvgIpc) is 2.94. The maximum absolute atomic E-state index is 11.9. The van der Waals surface area contributed by atoms with Gasteiger partial charge in [-0.05, 0) is 0 Å². The highest BCUT2D eigenvalue weighted by atomic mass is 16.6. The van der Waals surface area contributed by atoms with Crippen LogP contribution in [0.5, 0.6) is 0 Å². The number of esters is 2. The summed E-state index contributed by atoms with van der Waals surface area (Å²) >= 11 is 0. The van der Waals surface area contributed by atoms with E-state index in [1.165, 1.54) is 16.8 Å². The molecule has 1 aromatic rings. The Balaban J connectivity index is 2.15. The van der Waals surface area contributed by atoms with Gasteiger partial charge in [-0.15, -0.1) is 0 Å². The van der Waals surface area contributed by atoms with Crippen molar-refractivity contribution in [3.63, 3.8) is 0 Å². The molecule has 9 heteroatoms. The molecule has 132 valence electrons. The molecule has 0 aliphatic carbocycles. The minimum Gasteiger partial charge on any atom is -0.463 e. The van der Waals surface area contributed by atoms with Crippen molar-refractivity contribution in [3.05, 3.63) is 33.1 Å². The van der Waals surface area contributed by atoms with Crippen molar-refractivity contribution < 1.29 is 23.8 Å². The minimum atomic E-state index is -0.727.